The number of carbonyl (C=O) groups is 1. The van der Waals surface area contributed by atoms with Gasteiger partial charge in [-0.3, -0.25) is 9.48 Å². The topological polar surface area (TPSA) is 79.3 Å². The number of amides is 1. The number of hydrogen-bond donors (Lipinski definition) is 1. The normalized spacial score (nSPS) is 24.7. The van der Waals surface area contributed by atoms with Crippen LogP contribution in [0.4, 0.5) is 0 Å². The Bertz CT molecular complexity index is 722. The molecule has 0 radical (unpaired) electrons. The summed E-state index contributed by atoms with van der Waals surface area (Å²) in [4.78, 5) is 24.3. The predicted molar refractivity (Wildman–Crippen MR) is 95.6 cm³/mol. The van der Waals surface area contributed by atoms with E-state index in [4.69, 9.17) is 4.74 Å². The number of nitrogens with zero attached hydrogens (tertiary/aromatic N) is 5. The van der Waals surface area contributed by atoms with Gasteiger partial charge in [-0.25, -0.2) is 4.98 Å². The van der Waals surface area contributed by atoms with Crippen LogP contribution in [0, 0.1) is 0 Å². The van der Waals surface area contributed by atoms with Gasteiger partial charge in [-0.2, -0.15) is 5.10 Å². The predicted octanol–water partition coefficient (Wildman–Crippen LogP) is 1.21. The van der Waals surface area contributed by atoms with Gasteiger partial charge in [-0.15, -0.1) is 0 Å². The highest BCUT2D eigenvalue weighted by atomic mass is 16.5. The van der Waals surface area contributed by atoms with Crippen molar-refractivity contribution in [3.63, 3.8) is 0 Å². The fourth-order valence-electron chi connectivity index (χ4n) is 4.03. The molecule has 4 heterocycles. The molecule has 4 rings (SSSR count). The Morgan fingerprint density at radius 3 is 2.81 bits per heavy atom. The number of H-pyrrole nitrogens is 1. The van der Waals surface area contributed by atoms with Crippen molar-refractivity contribution in [3.05, 3.63) is 36.2 Å². The highest BCUT2D eigenvalue weighted by Gasteiger charge is 2.38. The molecule has 26 heavy (non-hydrogen) atoms. The summed E-state index contributed by atoms with van der Waals surface area (Å²) in [6.07, 6.45) is 10.7. The van der Waals surface area contributed by atoms with Crippen molar-refractivity contribution in [2.24, 2.45) is 7.05 Å². The number of aromatic amines is 1. The smallest absolute Gasteiger partial charge is 0.272 e. The first-order valence-corrected chi connectivity index (χ1v) is 9.34. The minimum Gasteiger partial charge on any atom is -0.373 e. The summed E-state index contributed by atoms with van der Waals surface area (Å²) in [7, 11) is 1.90. The summed E-state index contributed by atoms with van der Waals surface area (Å²) in [5.74, 6) is -0.0386. The van der Waals surface area contributed by atoms with E-state index in [2.05, 4.69) is 20.0 Å². The van der Waals surface area contributed by atoms with Crippen LogP contribution in [0.3, 0.4) is 0 Å². The summed E-state index contributed by atoms with van der Waals surface area (Å²) in [6, 6.07) is -0.143. The van der Waals surface area contributed by atoms with Crippen LogP contribution in [-0.4, -0.2) is 74.3 Å². The monoisotopic (exact) mass is 358 g/mol. The molecule has 8 heteroatoms. The number of morpholine rings is 1. The molecule has 8 nitrogen and oxygen atoms in total. The van der Waals surface area contributed by atoms with E-state index in [1.807, 2.05) is 24.3 Å². The van der Waals surface area contributed by atoms with Gasteiger partial charge < -0.3 is 19.5 Å². The maximum Gasteiger partial charge on any atom is 0.272 e. The minimum atomic E-state index is -0.143. The molecule has 2 saturated heterocycles. The van der Waals surface area contributed by atoms with Crippen molar-refractivity contribution >= 4 is 5.91 Å². The molecule has 0 bridgehead atoms. The number of carbonyl (C=O) groups excluding carboxylic acids is 1. The Morgan fingerprint density at radius 1 is 1.27 bits per heavy atom. The van der Waals surface area contributed by atoms with Crippen LogP contribution in [0.2, 0.25) is 0 Å². The highest BCUT2D eigenvalue weighted by Crippen LogP contribution is 2.31. The van der Waals surface area contributed by atoms with E-state index >= 15 is 0 Å². The molecule has 2 atom stereocenters. The lowest BCUT2D eigenvalue weighted by Crippen LogP contribution is -2.52. The zero-order valence-electron chi connectivity index (χ0n) is 15.2. The van der Waals surface area contributed by atoms with Crippen molar-refractivity contribution < 1.29 is 9.53 Å². The molecular weight excluding hydrogens is 332 g/mol. The maximum absolute atomic E-state index is 13.0. The first kappa shape index (κ1) is 17.2. The van der Waals surface area contributed by atoms with Gasteiger partial charge in [0.15, 0.2) is 0 Å². The molecular formula is C18H26N6O2. The molecule has 140 valence electrons. The average Bonchev–Trinajstić information content (AvgIpc) is 3.34. The van der Waals surface area contributed by atoms with E-state index in [1.54, 1.807) is 10.9 Å². The Labute approximate surface area is 153 Å². The largest absolute Gasteiger partial charge is 0.373 e. The number of piperidine rings is 1. The van der Waals surface area contributed by atoms with Crippen LogP contribution < -0.4 is 0 Å². The Kier molecular flexibility index (Phi) is 5.03. The molecule has 2 aromatic rings. The molecule has 0 spiro atoms. The van der Waals surface area contributed by atoms with Crippen LogP contribution in [0.1, 0.15) is 41.4 Å². The number of aryl methyl sites for hydroxylation is 1. The Hall–Kier alpha value is -2.19. The second-order valence-corrected chi connectivity index (χ2v) is 7.13. The van der Waals surface area contributed by atoms with Gasteiger partial charge in [0.2, 0.25) is 0 Å². The summed E-state index contributed by atoms with van der Waals surface area (Å²) in [6.45, 7) is 4.16. The van der Waals surface area contributed by atoms with Gasteiger partial charge in [-0.1, -0.05) is 6.42 Å². The highest BCUT2D eigenvalue weighted by molar-refractivity contribution is 5.92. The Morgan fingerprint density at radius 2 is 2.12 bits per heavy atom. The SMILES string of the molecule is Cn1cc([C@H]2[C@H](CN3CCCCC3)OCCN2C(=O)c2cnc[nH]2)cn1. The third-order valence-corrected chi connectivity index (χ3v) is 5.29. The molecule has 0 unspecified atom stereocenters. The summed E-state index contributed by atoms with van der Waals surface area (Å²) in [5, 5.41) is 4.32. The number of rotatable bonds is 4. The zero-order chi connectivity index (χ0) is 17.9. The third-order valence-electron chi connectivity index (χ3n) is 5.29. The molecule has 0 aromatic carbocycles. The van der Waals surface area contributed by atoms with E-state index in [0.717, 1.165) is 25.2 Å². The summed E-state index contributed by atoms with van der Waals surface area (Å²) < 4.78 is 7.93. The fraction of sp³-hybridized carbons (Fsp3) is 0.611. The van der Waals surface area contributed by atoms with Gasteiger partial charge >= 0.3 is 0 Å². The standard InChI is InChI=1S/C18H26N6O2/c1-22-11-14(9-21-22)17-16(12-23-5-3-2-4-6-23)26-8-7-24(17)18(25)15-10-19-13-20-15/h9-11,13,16-17H,2-8,12H2,1H3,(H,19,20)/t16-,17-/m0/s1. The molecule has 1 amide bonds. The van der Waals surface area contributed by atoms with Gasteiger partial charge in [0, 0.05) is 31.9 Å². The molecule has 2 fully saturated rings. The lowest BCUT2D eigenvalue weighted by atomic mass is 9.99. The quantitative estimate of drug-likeness (QED) is 0.889. The lowest BCUT2D eigenvalue weighted by molar-refractivity contribution is -0.0742. The second kappa shape index (κ2) is 7.59. The molecule has 2 aromatic heterocycles. The van der Waals surface area contributed by atoms with E-state index in [1.165, 1.54) is 25.6 Å². The van der Waals surface area contributed by atoms with Crippen LogP contribution in [0.25, 0.3) is 0 Å². The van der Waals surface area contributed by atoms with E-state index in [0.29, 0.717) is 18.8 Å². The number of likely N-dealkylation sites (tertiary alicyclic amines) is 1. The third kappa shape index (κ3) is 3.52. The molecule has 1 N–H and O–H groups in total. The molecule has 2 aliphatic heterocycles. The van der Waals surface area contributed by atoms with Crippen molar-refractivity contribution in [3.8, 4) is 0 Å². The van der Waals surface area contributed by atoms with Crippen LogP contribution >= 0.6 is 0 Å². The van der Waals surface area contributed by atoms with E-state index in [-0.39, 0.29) is 18.1 Å². The van der Waals surface area contributed by atoms with Crippen LogP contribution in [0.15, 0.2) is 24.9 Å². The van der Waals surface area contributed by atoms with Crippen LogP contribution in [0.5, 0.6) is 0 Å². The Balaban J connectivity index is 1.60. The maximum atomic E-state index is 13.0. The second-order valence-electron chi connectivity index (χ2n) is 7.13. The van der Waals surface area contributed by atoms with Gasteiger partial charge in [0.05, 0.1) is 37.5 Å². The molecule has 0 aliphatic carbocycles. The molecule has 0 saturated carbocycles. The summed E-state index contributed by atoms with van der Waals surface area (Å²) >= 11 is 0. The van der Waals surface area contributed by atoms with Gasteiger partial charge in [-0.05, 0) is 25.9 Å². The fourth-order valence-corrected chi connectivity index (χ4v) is 4.03. The minimum absolute atomic E-state index is 0.0386. The number of hydrogen-bond acceptors (Lipinski definition) is 5. The molecule has 2 aliphatic rings. The number of ether oxygens (including phenoxy) is 1. The first-order chi connectivity index (χ1) is 12.7. The number of aromatic nitrogens is 4. The lowest BCUT2D eigenvalue weighted by Gasteiger charge is -2.43. The van der Waals surface area contributed by atoms with Crippen molar-refractivity contribution in [1.29, 1.82) is 0 Å². The first-order valence-electron chi connectivity index (χ1n) is 9.34. The van der Waals surface area contributed by atoms with E-state index in [9.17, 15) is 4.79 Å². The number of imidazole rings is 1. The van der Waals surface area contributed by atoms with Crippen molar-refractivity contribution in [2.45, 2.75) is 31.4 Å². The van der Waals surface area contributed by atoms with Gasteiger partial charge in [0.25, 0.3) is 5.91 Å². The van der Waals surface area contributed by atoms with Crippen LogP contribution in [-0.2, 0) is 11.8 Å². The van der Waals surface area contributed by atoms with Crippen molar-refractivity contribution in [1.82, 2.24) is 29.5 Å². The van der Waals surface area contributed by atoms with Gasteiger partial charge in [0.1, 0.15) is 5.69 Å². The van der Waals surface area contributed by atoms with E-state index < -0.39 is 0 Å². The number of nitrogens with one attached hydrogen (secondary N) is 1. The average molecular weight is 358 g/mol. The van der Waals surface area contributed by atoms with Crippen molar-refractivity contribution in [2.75, 3.05) is 32.8 Å². The zero-order valence-corrected chi connectivity index (χ0v) is 15.2. The summed E-state index contributed by atoms with van der Waals surface area (Å²) in [5.41, 5.74) is 1.53.